The quantitative estimate of drug-likeness (QED) is 0.632. The third kappa shape index (κ3) is 7.22. The van der Waals surface area contributed by atoms with Crippen molar-refractivity contribution >= 4 is 11.8 Å². The highest BCUT2D eigenvalue weighted by molar-refractivity contribution is 7.99. The van der Waals surface area contributed by atoms with Crippen molar-refractivity contribution in [1.29, 1.82) is 5.26 Å². The molecule has 0 aromatic rings. The lowest BCUT2D eigenvalue weighted by Crippen LogP contribution is -2.41. The zero-order valence-electron chi connectivity index (χ0n) is 12.7. The van der Waals surface area contributed by atoms with Crippen molar-refractivity contribution in [1.82, 2.24) is 5.32 Å². The van der Waals surface area contributed by atoms with Gasteiger partial charge in [0.1, 0.15) is 5.54 Å². The van der Waals surface area contributed by atoms with Crippen LogP contribution in [0.3, 0.4) is 0 Å². The Bertz CT molecular complexity index is 268. The van der Waals surface area contributed by atoms with Crippen LogP contribution in [0, 0.1) is 11.3 Å². The van der Waals surface area contributed by atoms with Gasteiger partial charge in [-0.25, -0.2) is 0 Å². The first-order chi connectivity index (χ1) is 9.20. The Balaban J connectivity index is 2.06. The Labute approximate surface area is 123 Å². The first-order valence-electron chi connectivity index (χ1n) is 7.98. The second-order valence-electron chi connectivity index (χ2n) is 5.96. The molecule has 1 aliphatic carbocycles. The summed E-state index contributed by atoms with van der Waals surface area (Å²) in [7, 11) is 0. The van der Waals surface area contributed by atoms with Crippen molar-refractivity contribution in [2.75, 3.05) is 12.3 Å². The smallest absolute Gasteiger partial charge is 0.103 e. The number of hydrogen-bond donors (Lipinski definition) is 1. The number of hydrogen-bond acceptors (Lipinski definition) is 3. The molecule has 0 spiro atoms. The third-order valence-electron chi connectivity index (χ3n) is 3.99. The molecule has 0 heterocycles. The fourth-order valence-electron chi connectivity index (χ4n) is 2.65. The molecule has 1 saturated carbocycles. The Morgan fingerprint density at radius 2 is 2.00 bits per heavy atom. The zero-order valence-corrected chi connectivity index (χ0v) is 13.5. The molecule has 0 aromatic carbocycles. The maximum absolute atomic E-state index is 9.25. The molecule has 110 valence electrons. The number of rotatable bonds is 9. The van der Waals surface area contributed by atoms with Crippen molar-refractivity contribution in [2.24, 2.45) is 0 Å². The number of nitriles is 1. The van der Waals surface area contributed by atoms with Crippen LogP contribution < -0.4 is 5.32 Å². The molecule has 1 aliphatic rings. The summed E-state index contributed by atoms with van der Waals surface area (Å²) in [5.74, 6) is 1.28. The van der Waals surface area contributed by atoms with E-state index < -0.39 is 0 Å². The van der Waals surface area contributed by atoms with E-state index in [0.29, 0.717) is 0 Å². The lowest BCUT2D eigenvalue weighted by molar-refractivity contribution is 0.406. The van der Waals surface area contributed by atoms with E-state index in [1.165, 1.54) is 50.7 Å². The van der Waals surface area contributed by atoms with E-state index in [1.807, 2.05) is 6.92 Å². The predicted octanol–water partition coefficient (Wildman–Crippen LogP) is 4.50. The Kier molecular flexibility index (Phi) is 8.57. The average molecular weight is 282 g/mol. The predicted molar refractivity (Wildman–Crippen MR) is 85.5 cm³/mol. The molecule has 0 saturated heterocycles. The van der Waals surface area contributed by atoms with Gasteiger partial charge in [0.2, 0.25) is 0 Å². The minimum atomic E-state index is -0.314. The standard InChI is InChI=1S/C16H30N2S/c1-3-12-18-16(2,14-17)11-7-8-13-19-15-9-5-4-6-10-15/h15,18H,3-13H2,1-2H3. The van der Waals surface area contributed by atoms with Crippen molar-refractivity contribution in [3.05, 3.63) is 0 Å². The van der Waals surface area contributed by atoms with Crippen LogP contribution in [0.5, 0.6) is 0 Å². The summed E-state index contributed by atoms with van der Waals surface area (Å²) in [5.41, 5.74) is -0.314. The number of thioether (sulfide) groups is 1. The largest absolute Gasteiger partial charge is 0.300 e. The zero-order chi connectivity index (χ0) is 14.0. The molecular weight excluding hydrogens is 252 g/mol. The van der Waals surface area contributed by atoms with Gasteiger partial charge in [-0.1, -0.05) is 26.2 Å². The van der Waals surface area contributed by atoms with E-state index in [4.69, 9.17) is 0 Å². The van der Waals surface area contributed by atoms with E-state index in [-0.39, 0.29) is 5.54 Å². The molecule has 0 aliphatic heterocycles. The molecule has 0 amide bonds. The van der Waals surface area contributed by atoms with E-state index in [2.05, 4.69) is 30.1 Å². The summed E-state index contributed by atoms with van der Waals surface area (Å²) in [4.78, 5) is 0. The summed E-state index contributed by atoms with van der Waals surface area (Å²) in [6, 6.07) is 2.44. The van der Waals surface area contributed by atoms with Crippen LogP contribution >= 0.6 is 11.8 Å². The number of unbranched alkanes of at least 4 members (excludes halogenated alkanes) is 1. The van der Waals surface area contributed by atoms with Crippen LogP contribution in [0.1, 0.15) is 71.6 Å². The van der Waals surface area contributed by atoms with E-state index >= 15 is 0 Å². The molecule has 1 rings (SSSR count). The summed E-state index contributed by atoms with van der Waals surface area (Å²) in [6.07, 6.45) is 11.7. The molecule has 0 bridgehead atoms. The van der Waals surface area contributed by atoms with Crippen molar-refractivity contribution in [2.45, 2.75) is 82.4 Å². The first-order valence-corrected chi connectivity index (χ1v) is 9.03. The van der Waals surface area contributed by atoms with E-state index in [0.717, 1.165) is 24.6 Å². The molecule has 19 heavy (non-hydrogen) atoms. The number of nitrogens with one attached hydrogen (secondary N) is 1. The normalized spacial score (nSPS) is 19.8. The van der Waals surface area contributed by atoms with E-state index in [1.54, 1.807) is 0 Å². The minimum absolute atomic E-state index is 0.314. The molecule has 2 nitrogen and oxygen atoms in total. The van der Waals surface area contributed by atoms with Gasteiger partial charge in [-0.2, -0.15) is 17.0 Å². The third-order valence-corrected chi connectivity index (χ3v) is 5.46. The fraction of sp³-hybridized carbons (Fsp3) is 0.938. The first kappa shape index (κ1) is 16.9. The molecule has 0 aromatic heterocycles. The van der Waals surface area contributed by atoms with Gasteiger partial charge in [0.15, 0.2) is 0 Å². The van der Waals surface area contributed by atoms with Gasteiger partial charge in [-0.05, 0) is 57.7 Å². The highest BCUT2D eigenvalue weighted by Gasteiger charge is 2.21. The molecule has 3 heteroatoms. The van der Waals surface area contributed by atoms with Gasteiger partial charge in [-0.15, -0.1) is 0 Å². The Hall–Kier alpha value is -0.200. The van der Waals surface area contributed by atoms with Gasteiger partial charge >= 0.3 is 0 Å². The van der Waals surface area contributed by atoms with Crippen LogP contribution in [0.4, 0.5) is 0 Å². The topological polar surface area (TPSA) is 35.8 Å². The molecule has 1 atom stereocenters. The minimum Gasteiger partial charge on any atom is -0.300 e. The molecule has 1 fully saturated rings. The summed E-state index contributed by atoms with van der Waals surface area (Å²) in [6.45, 7) is 5.13. The Morgan fingerprint density at radius 3 is 2.63 bits per heavy atom. The van der Waals surface area contributed by atoms with Gasteiger partial charge in [0.25, 0.3) is 0 Å². The van der Waals surface area contributed by atoms with Crippen LogP contribution in [-0.4, -0.2) is 23.1 Å². The molecule has 0 radical (unpaired) electrons. The lowest BCUT2D eigenvalue weighted by Gasteiger charge is -2.23. The van der Waals surface area contributed by atoms with Crippen LogP contribution in [0.15, 0.2) is 0 Å². The van der Waals surface area contributed by atoms with Gasteiger partial charge in [0, 0.05) is 5.25 Å². The van der Waals surface area contributed by atoms with E-state index in [9.17, 15) is 5.26 Å². The van der Waals surface area contributed by atoms with Crippen molar-refractivity contribution in [3.63, 3.8) is 0 Å². The molecule has 1 unspecified atom stereocenters. The second kappa shape index (κ2) is 9.66. The lowest BCUT2D eigenvalue weighted by atomic mass is 9.96. The van der Waals surface area contributed by atoms with Crippen molar-refractivity contribution in [3.8, 4) is 6.07 Å². The SMILES string of the molecule is CCCNC(C)(C#N)CCCCSC1CCCCC1. The summed E-state index contributed by atoms with van der Waals surface area (Å²) in [5, 5.41) is 13.5. The van der Waals surface area contributed by atoms with Gasteiger partial charge in [-0.3, -0.25) is 5.32 Å². The Morgan fingerprint density at radius 1 is 1.26 bits per heavy atom. The monoisotopic (exact) mass is 282 g/mol. The fourth-order valence-corrected chi connectivity index (χ4v) is 4.02. The van der Waals surface area contributed by atoms with Gasteiger partial charge in [0.05, 0.1) is 6.07 Å². The number of nitrogens with zero attached hydrogens (tertiary/aromatic N) is 1. The van der Waals surface area contributed by atoms with Crippen molar-refractivity contribution < 1.29 is 0 Å². The molecular formula is C16H30N2S. The maximum Gasteiger partial charge on any atom is 0.103 e. The summed E-state index contributed by atoms with van der Waals surface area (Å²) < 4.78 is 0. The van der Waals surface area contributed by atoms with Gasteiger partial charge < -0.3 is 0 Å². The van der Waals surface area contributed by atoms with Crippen LogP contribution in [-0.2, 0) is 0 Å². The highest BCUT2D eigenvalue weighted by atomic mass is 32.2. The highest BCUT2D eigenvalue weighted by Crippen LogP contribution is 2.29. The maximum atomic E-state index is 9.25. The average Bonchev–Trinajstić information content (AvgIpc) is 2.46. The second-order valence-corrected chi connectivity index (χ2v) is 7.37. The van der Waals surface area contributed by atoms with Crippen LogP contribution in [0.2, 0.25) is 0 Å². The molecule has 1 N–H and O–H groups in total. The van der Waals surface area contributed by atoms with Crippen LogP contribution in [0.25, 0.3) is 0 Å². The summed E-state index contributed by atoms with van der Waals surface area (Å²) >= 11 is 2.17.